The Morgan fingerprint density at radius 1 is 1.17 bits per heavy atom. The lowest BCUT2D eigenvalue weighted by atomic mass is 10.1. The van der Waals surface area contributed by atoms with Gasteiger partial charge in [0.1, 0.15) is 0 Å². The summed E-state index contributed by atoms with van der Waals surface area (Å²) in [4.78, 5) is 4.53. The van der Waals surface area contributed by atoms with Crippen LogP contribution in [0.1, 0.15) is 38.8 Å². The fraction of sp³-hybridized carbons (Fsp3) is 0.588. The summed E-state index contributed by atoms with van der Waals surface area (Å²) < 4.78 is 23.5. The van der Waals surface area contributed by atoms with E-state index in [1.54, 1.807) is 20.8 Å². The molecule has 130 valence electrons. The number of rotatable bonds is 6. The lowest BCUT2D eigenvalue weighted by molar-refractivity contribution is 0.559. The predicted octanol–water partition coefficient (Wildman–Crippen LogP) is 2.26. The molecule has 6 heteroatoms. The van der Waals surface area contributed by atoms with Crippen molar-refractivity contribution in [2.24, 2.45) is 4.99 Å². The van der Waals surface area contributed by atoms with Crippen LogP contribution in [0.2, 0.25) is 0 Å². The average Bonchev–Trinajstić information content (AvgIpc) is 2.45. The average molecular weight is 340 g/mol. The number of sulfone groups is 1. The molecule has 0 radical (unpaired) electrons. The first-order valence-electron chi connectivity index (χ1n) is 7.96. The first kappa shape index (κ1) is 19.5. The van der Waals surface area contributed by atoms with E-state index in [1.165, 1.54) is 5.56 Å². The molecule has 0 bridgehead atoms. The molecule has 0 aromatic heterocycles. The van der Waals surface area contributed by atoms with Crippen LogP contribution < -0.4 is 10.6 Å². The molecule has 0 amide bonds. The van der Waals surface area contributed by atoms with Gasteiger partial charge in [-0.3, -0.25) is 0 Å². The van der Waals surface area contributed by atoms with Gasteiger partial charge in [-0.15, -0.1) is 0 Å². The fourth-order valence-corrected chi connectivity index (χ4v) is 2.89. The number of hydrogen-bond donors (Lipinski definition) is 2. The van der Waals surface area contributed by atoms with Crippen molar-refractivity contribution >= 4 is 15.8 Å². The summed E-state index contributed by atoms with van der Waals surface area (Å²) in [6.07, 6.45) is 0. The molecule has 0 saturated carbocycles. The van der Waals surface area contributed by atoms with E-state index in [4.69, 9.17) is 0 Å². The first-order valence-corrected chi connectivity index (χ1v) is 9.61. The van der Waals surface area contributed by atoms with E-state index in [2.05, 4.69) is 28.6 Å². The van der Waals surface area contributed by atoms with Crippen molar-refractivity contribution in [2.75, 3.05) is 18.8 Å². The van der Waals surface area contributed by atoms with Gasteiger partial charge in [-0.1, -0.05) is 24.3 Å². The topological polar surface area (TPSA) is 70.6 Å². The van der Waals surface area contributed by atoms with Crippen LogP contribution in [0, 0.1) is 6.92 Å². The van der Waals surface area contributed by atoms with Crippen LogP contribution in [0.3, 0.4) is 0 Å². The molecule has 0 aliphatic rings. The molecule has 0 aliphatic heterocycles. The summed E-state index contributed by atoms with van der Waals surface area (Å²) in [5.41, 5.74) is 2.36. The Hall–Kier alpha value is -1.56. The Bertz CT molecular complexity index is 631. The zero-order chi connectivity index (χ0) is 17.5. The smallest absolute Gasteiger partial charge is 0.191 e. The molecular formula is C17H29N3O2S. The highest BCUT2D eigenvalue weighted by molar-refractivity contribution is 7.92. The highest BCUT2D eigenvalue weighted by atomic mass is 32.2. The highest BCUT2D eigenvalue weighted by Gasteiger charge is 2.28. The SMILES string of the molecule is CCNC(=NCc1ccccc1C)NCCS(=O)(=O)C(C)(C)C. The maximum atomic E-state index is 12.1. The van der Waals surface area contributed by atoms with E-state index in [0.29, 0.717) is 19.0 Å². The number of benzene rings is 1. The van der Waals surface area contributed by atoms with E-state index in [9.17, 15) is 8.42 Å². The second kappa shape index (κ2) is 8.34. The van der Waals surface area contributed by atoms with E-state index in [1.807, 2.05) is 25.1 Å². The molecule has 0 spiro atoms. The molecule has 5 nitrogen and oxygen atoms in total. The van der Waals surface area contributed by atoms with E-state index in [-0.39, 0.29) is 5.75 Å². The van der Waals surface area contributed by atoms with E-state index in [0.717, 1.165) is 12.1 Å². The number of nitrogens with one attached hydrogen (secondary N) is 2. The Morgan fingerprint density at radius 3 is 2.39 bits per heavy atom. The lowest BCUT2D eigenvalue weighted by Crippen LogP contribution is -2.41. The van der Waals surface area contributed by atoms with Crippen LogP contribution in [0.5, 0.6) is 0 Å². The molecule has 0 heterocycles. The van der Waals surface area contributed by atoms with Crippen LogP contribution in [-0.4, -0.2) is 38.0 Å². The fourth-order valence-electron chi connectivity index (χ4n) is 1.90. The Balaban J connectivity index is 2.66. The van der Waals surface area contributed by atoms with Crippen molar-refractivity contribution in [3.05, 3.63) is 35.4 Å². The number of nitrogens with zero attached hydrogens (tertiary/aromatic N) is 1. The third-order valence-corrected chi connectivity index (χ3v) is 6.22. The minimum absolute atomic E-state index is 0.0886. The monoisotopic (exact) mass is 339 g/mol. The number of aliphatic imine (C=N–C) groups is 1. The summed E-state index contributed by atoms with van der Waals surface area (Å²) in [5, 5.41) is 6.24. The molecule has 0 unspecified atom stereocenters. The molecule has 0 saturated heterocycles. The molecule has 2 N–H and O–H groups in total. The van der Waals surface area contributed by atoms with Gasteiger partial charge in [-0.2, -0.15) is 0 Å². The van der Waals surface area contributed by atoms with Crippen molar-refractivity contribution in [1.29, 1.82) is 0 Å². The largest absolute Gasteiger partial charge is 0.357 e. The summed E-state index contributed by atoms with van der Waals surface area (Å²) in [7, 11) is -3.13. The Kier molecular flexibility index (Phi) is 7.06. The third-order valence-electron chi connectivity index (χ3n) is 3.61. The van der Waals surface area contributed by atoms with Crippen molar-refractivity contribution in [3.8, 4) is 0 Å². The Labute approximate surface area is 140 Å². The molecule has 0 atom stereocenters. The molecule has 0 aliphatic carbocycles. The molecule has 1 aromatic carbocycles. The second-order valence-electron chi connectivity index (χ2n) is 6.48. The number of guanidine groups is 1. The van der Waals surface area contributed by atoms with Gasteiger partial charge in [0.2, 0.25) is 0 Å². The second-order valence-corrected chi connectivity index (χ2v) is 9.34. The summed E-state index contributed by atoms with van der Waals surface area (Å²) in [5.74, 6) is 0.727. The molecule has 0 fully saturated rings. The van der Waals surface area contributed by atoms with Gasteiger partial charge in [-0.25, -0.2) is 13.4 Å². The normalized spacial score (nSPS) is 13.0. The molecular weight excluding hydrogens is 310 g/mol. The summed E-state index contributed by atoms with van der Waals surface area (Å²) >= 11 is 0. The van der Waals surface area contributed by atoms with Gasteiger partial charge in [0, 0.05) is 13.1 Å². The maximum absolute atomic E-state index is 12.1. The van der Waals surface area contributed by atoms with Crippen molar-refractivity contribution in [3.63, 3.8) is 0 Å². The van der Waals surface area contributed by atoms with Gasteiger partial charge >= 0.3 is 0 Å². The standard InChI is InChI=1S/C17H29N3O2S/c1-6-18-16(19-11-12-23(21,22)17(3,4)5)20-13-15-10-8-7-9-14(15)2/h7-10H,6,11-13H2,1-5H3,(H2,18,19,20). The number of hydrogen-bond acceptors (Lipinski definition) is 3. The quantitative estimate of drug-likeness (QED) is 0.616. The highest BCUT2D eigenvalue weighted by Crippen LogP contribution is 2.15. The summed E-state index contributed by atoms with van der Waals surface area (Å²) in [6.45, 7) is 10.8. The van der Waals surface area contributed by atoms with Gasteiger partial charge < -0.3 is 10.6 Å². The zero-order valence-corrected chi connectivity index (χ0v) is 15.6. The third kappa shape index (κ3) is 6.22. The minimum Gasteiger partial charge on any atom is -0.357 e. The van der Waals surface area contributed by atoms with Gasteiger partial charge in [0.05, 0.1) is 17.0 Å². The molecule has 1 aromatic rings. The first-order chi connectivity index (χ1) is 10.7. The van der Waals surface area contributed by atoms with Crippen molar-refractivity contribution < 1.29 is 8.42 Å². The van der Waals surface area contributed by atoms with Crippen LogP contribution in [0.4, 0.5) is 0 Å². The van der Waals surface area contributed by atoms with Gasteiger partial charge in [-0.05, 0) is 45.7 Å². The van der Waals surface area contributed by atoms with Gasteiger partial charge in [0.25, 0.3) is 0 Å². The molecule has 23 heavy (non-hydrogen) atoms. The molecule has 1 rings (SSSR count). The van der Waals surface area contributed by atoms with Crippen LogP contribution >= 0.6 is 0 Å². The van der Waals surface area contributed by atoms with Crippen molar-refractivity contribution in [1.82, 2.24) is 10.6 Å². The van der Waals surface area contributed by atoms with Gasteiger partial charge in [0.15, 0.2) is 15.8 Å². The van der Waals surface area contributed by atoms with E-state index >= 15 is 0 Å². The lowest BCUT2D eigenvalue weighted by Gasteiger charge is -2.19. The van der Waals surface area contributed by atoms with E-state index < -0.39 is 14.6 Å². The maximum Gasteiger partial charge on any atom is 0.191 e. The minimum atomic E-state index is -3.13. The van der Waals surface area contributed by atoms with Crippen LogP contribution in [0.25, 0.3) is 0 Å². The Morgan fingerprint density at radius 2 is 1.83 bits per heavy atom. The predicted molar refractivity (Wildman–Crippen MR) is 97.5 cm³/mol. The van der Waals surface area contributed by atoms with Crippen LogP contribution in [0.15, 0.2) is 29.3 Å². The van der Waals surface area contributed by atoms with Crippen LogP contribution in [-0.2, 0) is 16.4 Å². The zero-order valence-electron chi connectivity index (χ0n) is 14.8. The number of aryl methyl sites for hydroxylation is 1. The summed E-state index contributed by atoms with van der Waals surface area (Å²) in [6, 6.07) is 8.10. The van der Waals surface area contributed by atoms with Crippen molar-refractivity contribution in [2.45, 2.75) is 45.9 Å².